The van der Waals surface area contributed by atoms with Gasteiger partial charge in [0.1, 0.15) is 28.5 Å². The second-order valence-corrected chi connectivity index (χ2v) is 11.0. The number of aromatic amines is 1. The molecule has 0 amide bonds. The predicted molar refractivity (Wildman–Crippen MR) is 142 cm³/mol. The second kappa shape index (κ2) is 11.2. The van der Waals surface area contributed by atoms with Crippen molar-refractivity contribution in [2.75, 3.05) is 6.61 Å². The summed E-state index contributed by atoms with van der Waals surface area (Å²) in [4.78, 5) is 25.0. The smallest absolute Gasteiger partial charge is 0.469 e. The first-order valence-corrected chi connectivity index (χ1v) is 13.8. The SMILES string of the molecule is C[C@](N)(COP(=O)(O)O)c1nc(-c2ccc(OCc3ccc(-c4ccccc4)cc3)c(C(F)(F)F)c2)c(Br)[nH]1. The van der Waals surface area contributed by atoms with Crippen LogP contribution in [0.4, 0.5) is 13.2 Å². The van der Waals surface area contributed by atoms with Crippen LogP contribution < -0.4 is 10.5 Å². The summed E-state index contributed by atoms with van der Waals surface area (Å²) in [6.45, 7) is 0.741. The van der Waals surface area contributed by atoms with Crippen LogP contribution in [-0.2, 0) is 27.4 Å². The van der Waals surface area contributed by atoms with E-state index in [0.717, 1.165) is 17.2 Å². The number of H-pyrrole nitrogens is 1. The van der Waals surface area contributed by atoms with Crippen molar-refractivity contribution >= 4 is 23.8 Å². The summed E-state index contributed by atoms with van der Waals surface area (Å²) >= 11 is 3.23. The number of alkyl halides is 3. The summed E-state index contributed by atoms with van der Waals surface area (Å²) in [5, 5.41) is 0. The molecule has 4 aromatic rings. The molecule has 1 aromatic heterocycles. The molecule has 4 rings (SSSR count). The minimum absolute atomic E-state index is 0.0469. The fraction of sp³-hybridized carbons (Fsp3) is 0.192. The number of nitrogens with two attached hydrogens (primary N) is 1. The van der Waals surface area contributed by atoms with Crippen molar-refractivity contribution in [3.63, 3.8) is 0 Å². The van der Waals surface area contributed by atoms with Gasteiger partial charge in [-0.15, -0.1) is 0 Å². The fourth-order valence-electron chi connectivity index (χ4n) is 3.71. The number of ether oxygens (including phenoxy) is 1. The van der Waals surface area contributed by atoms with Crippen molar-refractivity contribution in [2.24, 2.45) is 5.73 Å². The molecule has 13 heteroatoms. The highest BCUT2D eigenvalue weighted by Crippen LogP contribution is 2.41. The van der Waals surface area contributed by atoms with E-state index in [0.29, 0.717) is 5.56 Å². The molecule has 0 unspecified atom stereocenters. The highest BCUT2D eigenvalue weighted by Gasteiger charge is 2.36. The Kier molecular flexibility index (Phi) is 8.36. The molecule has 0 aliphatic carbocycles. The van der Waals surface area contributed by atoms with Crippen LogP contribution in [0.2, 0.25) is 0 Å². The summed E-state index contributed by atoms with van der Waals surface area (Å²) in [5.74, 6) is -0.297. The average molecular weight is 626 g/mol. The lowest BCUT2D eigenvalue weighted by molar-refractivity contribution is -0.139. The van der Waals surface area contributed by atoms with Crippen molar-refractivity contribution in [2.45, 2.75) is 25.2 Å². The molecule has 1 heterocycles. The topological polar surface area (TPSA) is 131 Å². The Hall–Kier alpha value is -2.99. The molecule has 0 aliphatic rings. The Morgan fingerprint density at radius 2 is 1.62 bits per heavy atom. The molecule has 0 radical (unpaired) electrons. The number of aromatic nitrogens is 2. The lowest BCUT2D eigenvalue weighted by Gasteiger charge is -2.21. The molecule has 0 saturated heterocycles. The van der Waals surface area contributed by atoms with Crippen molar-refractivity contribution in [3.05, 3.63) is 94.4 Å². The highest BCUT2D eigenvalue weighted by atomic mass is 79.9. The lowest BCUT2D eigenvalue weighted by Crippen LogP contribution is -2.39. The van der Waals surface area contributed by atoms with Gasteiger partial charge < -0.3 is 25.2 Å². The van der Waals surface area contributed by atoms with Crippen LogP contribution in [0, 0.1) is 0 Å². The number of nitrogens with zero attached hydrogens (tertiary/aromatic N) is 1. The number of benzene rings is 3. The molecular weight excluding hydrogens is 602 g/mol. The van der Waals surface area contributed by atoms with Gasteiger partial charge >= 0.3 is 14.0 Å². The van der Waals surface area contributed by atoms with E-state index in [2.05, 4.69) is 30.4 Å². The Labute approximate surface area is 230 Å². The quantitative estimate of drug-likeness (QED) is 0.159. The monoisotopic (exact) mass is 625 g/mol. The van der Waals surface area contributed by atoms with Gasteiger partial charge in [0.15, 0.2) is 0 Å². The Morgan fingerprint density at radius 1 is 1.00 bits per heavy atom. The van der Waals surface area contributed by atoms with E-state index in [-0.39, 0.29) is 34.0 Å². The largest absolute Gasteiger partial charge is 0.488 e. The molecule has 3 aromatic carbocycles. The number of halogens is 4. The normalized spacial score (nSPS) is 13.7. The number of phosphoric ester groups is 1. The first-order valence-electron chi connectivity index (χ1n) is 11.5. The number of hydrogen-bond acceptors (Lipinski definition) is 5. The van der Waals surface area contributed by atoms with Crippen LogP contribution in [0.15, 0.2) is 77.4 Å². The van der Waals surface area contributed by atoms with Gasteiger partial charge in [-0.05, 0) is 57.7 Å². The second-order valence-electron chi connectivity index (χ2n) is 8.99. The van der Waals surface area contributed by atoms with Crippen molar-refractivity contribution in [1.82, 2.24) is 9.97 Å². The molecule has 0 spiro atoms. The minimum atomic E-state index is -4.79. The molecule has 206 valence electrons. The number of nitrogens with one attached hydrogen (secondary N) is 1. The third-order valence-corrected chi connectivity index (χ3v) is 6.79. The third kappa shape index (κ3) is 7.36. The van der Waals surface area contributed by atoms with E-state index in [1.807, 2.05) is 42.5 Å². The van der Waals surface area contributed by atoms with Crippen molar-refractivity contribution < 1.29 is 36.8 Å². The van der Waals surface area contributed by atoms with Crippen molar-refractivity contribution in [3.8, 4) is 28.1 Å². The van der Waals surface area contributed by atoms with E-state index in [4.69, 9.17) is 20.3 Å². The van der Waals surface area contributed by atoms with Gasteiger partial charge in [0.25, 0.3) is 0 Å². The zero-order valence-corrected chi connectivity index (χ0v) is 22.9. The van der Waals surface area contributed by atoms with Gasteiger partial charge in [-0.1, -0.05) is 54.6 Å². The lowest BCUT2D eigenvalue weighted by atomic mass is 10.0. The number of imidazole rings is 1. The van der Waals surface area contributed by atoms with Crippen LogP contribution in [-0.4, -0.2) is 26.4 Å². The maximum atomic E-state index is 14.0. The molecule has 0 bridgehead atoms. The Bertz CT molecular complexity index is 1490. The van der Waals surface area contributed by atoms with Crippen LogP contribution in [0.1, 0.15) is 23.9 Å². The number of hydrogen-bond donors (Lipinski definition) is 4. The fourth-order valence-corrected chi connectivity index (χ4v) is 4.65. The van der Waals surface area contributed by atoms with E-state index >= 15 is 0 Å². The molecule has 5 N–H and O–H groups in total. The number of phosphoric acid groups is 1. The van der Waals surface area contributed by atoms with Crippen LogP contribution in [0.25, 0.3) is 22.4 Å². The predicted octanol–water partition coefficient (Wildman–Crippen LogP) is 6.39. The molecule has 39 heavy (non-hydrogen) atoms. The summed E-state index contributed by atoms with van der Waals surface area (Å²) in [7, 11) is -4.79. The molecule has 0 saturated carbocycles. The van der Waals surface area contributed by atoms with E-state index in [1.165, 1.54) is 19.1 Å². The van der Waals surface area contributed by atoms with Gasteiger partial charge in [0, 0.05) is 5.56 Å². The van der Waals surface area contributed by atoms with Crippen LogP contribution in [0.3, 0.4) is 0 Å². The Balaban J connectivity index is 1.55. The summed E-state index contributed by atoms with van der Waals surface area (Å²) in [6.07, 6.45) is -4.71. The summed E-state index contributed by atoms with van der Waals surface area (Å²) < 4.78 is 63.3. The van der Waals surface area contributed by atoms with Gasteiger partial charge in [-0.3, -0.25) is 4.52 Å². The van der Waals surface area contributed by atoms with E-state index < -0.39 is 31.7 Å². The zero-order chi connectivity index (χ0) is 28.4. The highest BCUT2D eigenvalue weighted by molar-refractivity contribution is 9.10. The standard InChI is InChI=1S/C26H24BrF3N3O5P/c1-25(31,15-38-39(34,35)36)24-32-22(23(27)33-24)19-11-12-21(20(13-19)26(28,29)30)37-14-16-7-9-18(10-8-16)17-5-3-2-4-6-17/h2-13H,14-15,31H2,1H3,(H,32,33)(H2,34,35,36)/t25-/m0/s1. The molecule has 0 aliphatic heterocycles. The molecular formula is C26H24BrF3N3O5P. The van der Waals surface area contributed by atoms with Crippen LogP contribution in [0.5, 0.6) is 5.75 Å². The molecule has 0 fully saturated rings. The van der Waals surface area contributed by atoms with Gasteiger partial charge in [0.2, 0.25) is 0 Å². The Morgan fingerprint density at radius 3 is 2.23 bits per heavy atom. The van der Waals surface area contributed by atoms with Gasteiger partial charge in [-0.25, -0.2) is 9.55 Å². The average Bonchev–Trinajstić information content (AvgIpc) is 3.29. The first kappa shape index (κ1) is 29.0. The third-order valence-electron chi connectivity index (χ3n) is 5.75. The first-order chi connectivity index (χ1) is 18.2. The maximum absolute atomic E-state index is 14.0. The summed E-state index contributed by atoms with van der Waals surface area (Å²) in [6, 6.07) is 20.6. The van der Waals surface area contributed by atoms with Gasteiger partial charge in [0.05, 0.1) is 17.7 Å². The van der Waals surface area contributed by atoms with Gasteiger partial charge in [-0.2, -0.15) is 13.2 Å². The van der Waals surface area contributed by atoms with E-state index in [1.54, 1.807) is 12.1 Å². The van der Waals surface area contributed by atoms with Crippen LogP contribution >= 0.6 is 23.8 Å². The summed E-state index contributed by atoms with van der Waals surface area (Å²) in [5.41, 5.74) is 6.55. The number of rotatable bonds is 9. The maximum Gasteiger partial charge on any atom is 0.469 e. The minimum Gasteiger partial charge on any atom is -0.488 e. The van der Waals surface area contributed by atoms with Crippen molar-refractivity contribution in [1.29, 1.82) is 0 Å². The zero-order valence-electron chi connectivity index (χ0n) is 20.4. The molecule has 1 atom stereocenters. The van der Waals surface area contributed by atoms with E-state index in [9.17, 15) is 17.7 Å². The molecule has 8 nitrogen and oxygen atoms in total.